The number of imidazole rings is 1. The Bertz CT molecular complexity index is 1450. The Hall–Kier alpha value is -4.53. The summed E-state index contributed by atoms with van der Waals surface area (Å²) >= 11 is 0. The number of para-hydroxylation sites is 1. The van der Waals surface area contributed by atoms with Crippen molar-refractivity contribution < 1.29 is 24.2 Å². The minimum atomic E-state index is -0.557. The van der Waals surface area contributed by atoms with Crippen LogP contribution < -0.4 is 4.74 Å². The molecule has 0 radical (unpaired) electrons. The fraction of sp³-hybridized carbons (Fsp3) is 0.160. The van der Waals surface area contributed by atoms with Crippen LogP contribution in [0, 0.1) is 0 Å². The zero-order chi connectivity index (χ0) is 23.7. The van der Waals surface area contributed by atoms with Crippen LogP contribution in [0.4, 0.5) is 0 Å². The van der Waals surface area contributed by atoms with Gasteiger partial charge in [0.2, 0.25) is 11.7 Å². The van der Waals surface area contributed by atoms with Gasteiger partial charge in [0.1, 0.15) is 0 Å². The topological polar surface area (TPSA) is 116 Å². The van der Waals surface area contributed by atoms with E-state index in [2.05, 4.69) is 9.97 Å². The van der Waals surface area contributed by atoms with Gasteiger partial charge in [-0.05, 0) is 30.7 Å². The van der Waals surface area contributed by atoms with E-state index in [-0.39, 0.29) is 17.2 Å². The molecule has 0 aliphatic carbocycles. The number of hydrogen-bond donors (Lipinski definition) is 2. The van der Waals surface area contributed by atoms with E-state index in [0.29, 0.717) is 47.5 Å². The average molecular weight is 458 g/mol. The molecule has 0 atom stereocenters. The van der Waals surface area contributed by atoms with E-state index in [9.17, 15) is 15.0 Å². The van der Waals surface area contributed by atoms with Gasteiger partial charge in [-0.2, -0.15) is 0 Å². The summed E-state index contributed by atoms with van der Waals surface area (Å²) in [5.74, 6) is -0.928. The molecule has 4 heterocycles. The van der Waals surface area contributed by atoms with E-state index in [1.165, 1.54) is 11.7 Å². The Balaban J connectivity index is 1.59. The highest BCUT2D eigenvalue weighted by Gasteiger charge is 2.31. The van der Waals surface area contributed by atoms with Gasteiger partial charge in [0, 0.05) is 48.8 Å². The van der Waals surface area contributed by atoms with E-state index in [1.807, 2.05) is 10.8 Å². The van der Waals surface area contributed by atoms with Crippen molar-refractivity contribution in [1.29, 1.82) is 0 Å². The second-order valence-electron chi connectivity index (χ2n) is 7.76. The number of furan rings is 1. The molecular weight excluding hydrogens is 436 g/mol. The molecule has 5 aromatic rings. The lowest BCUT2D eigenvalue weighted by Gasteiger charge is -2.11. The van der Waals surface area contributed by atoms with Crippen LogP contribution in [0.1, 0.15) is 22.5 Å². The van der Waals surface area contributed by atoms with Crippen LogP contribution in [0.25, 0.3) is 22.2 Å². The quantitative estimate of drug-likeness (QED) is 0.334. The number of aromatic nitrogens is 4. The lowest BCUT2D eigenvalue weighted by atomic mass is 10.0. The summed E-state index contributed by atoms with van der Waals surface area (Å²) in [6.07, 6.45) is 9.07. The van der Waals surface area contributed by atoms with Gasteiger partial charge in [0.15, 0.2) is 22.8 Å². The first-order chi connectivity index (χ1) is 16.6. The van der Waals surface area contributed by atoms with Gasteiger partial charge in [-0.15, -0.1) is 0 Å². The second kappa shape index (κ2) is 8.78. The van der Waals surface area contributed by atoms with Gasteiger partial charge in [-0.25, -0.2) is 4.98 Å². The Labute approximate surface area is 194 Å². The Morgan fingerprint density at radius 1 is 1.12 bits per heavy atom. The van der Waals surface area contributed by atoms with E-state index in [1.54, 1.807) is 61.3 Å². The van der Waals surface area contributed by atoms with Crippen molar-refractivity contribution in [3.63, 3.8) is 0 Å². The molecule has 0 fully saturated rings. The molecule has 0 spiro atoms. The van der Waals surface area contributed by atoms with Crippen LogP contribution in [0.15, 0.2) is 71.9 Å². The van der Waals surface area contributed by atoms with Crippen LogP contribution in [0.3, 0.4) is 0 Å². The predicted molar refractivity (Wildman–Crippen MR) is 124 cm³/mol. The summed E-state index contributed by atoms with van der Waals surface area (Å²) in [6.45, 7) is 1.00. The van der Waals surface area contributed by atoms with Crippen LogP contribution in [-0.4, -0.2) is 42.2 Å². The molecule has 34 heavy (non-hydrogen) atoms. The third-order valence-corrected chi connectivity index (χ3v) is 5.68. The fourth-order valence-corrected chi connectivity index (χ4v) is 4.09. The van der Waals surface area contributed by atoms with Gasteiger partial charge in [0.25, 0.3) is 0 Å². The first-order valence-corrected chi connectivity index (χ1v) is 10.7. The standard InChI is InChI=1S/C25H22N4O5/c1-33-18-7-2-5-16-13-19(34-24(16)18)22(30)20-21(17-6-3-8-26-14-17)29(25(32)23(20)31)11-4-10-28-12-9-27-15-28/h2-3,5-9,12-15,31-32H,4,10-11H2,1H3. The van der Waals surface area contributed by atoms with Gasteiger partial charge in [-0.1, -0.05) is 12.1 Å². The predicted octanol–water partition coefficient (Wildman–Crippen LogP) is 4.23. The van der Waals surface area contributed by atoms with Crippen molar-refractivity contribution in [2.24, 2.45) is 0 Å². The van der Waals surface area contributed by atoms with Gasteiger partial charge in [0.05, 0.1) is 24.7 Å². The molecule has 0 bridgehead atoms. The monoisotopic (exact) mass is 458 g/mol. The smallest absolute Gasteiger partial charge is 0.235 e. The normalized spacial score (nSPS) is 11.2. The number of benzene rings is 1. The second-order valence-corrected chi connectivity index (χ2v) is 7.76. The molecule has 5 rings (SSSR count). The van der Waals surface area contributed by atoms with Crippen molar-refractivity contribution in [2.75, 3.05) is 7.11 Å². The summed E-state index contributed by atoms with van der Waals surface area (Å²) < 4.78 is 14.6. The third kappa shape index (κ3) is 3.66. The Morgan fingerprint density at radius 3 is 2.74 bits per heavy atom. The van der Waals surface area contributed by atoms with Crippen molar-refractivity contribution in [3.8, 4) is 28.6 Å². The lowest BCUT2D eigenvalue weighted by Crippen LogP contribution is -2.07. The molecule has 9 nitrogen and oxygen atoms in total. The lowest BCUT2D eigenvalue weighted by molar-refractivity contribution is 0.101. The fourth-order valence-electron chi connectivity index (χ4n) is 4.09. The first kappa shape index (κ1) is 21.3. The SMILES string of the molecule is COc1cccc2cc(C(=O)c3c(O)c(O)n(CCCn4ccnc4)c3-c3cccnc3)oc12. The van der Waals surface area contributed by atoms with Crippen LogP contribution in [0.2, 0.25) is 0 Å². The molecule has 0 saturated heterocycles. The molecule has 172 valence electrons. The molecule has 0 amide bonds. The van der Waals surface area contributed by atoms with Gasteiger partial charge in [-0.3, -0.25) is 9.78 Å². The number of aryl methyl sites for hydroxylation is 1. The molecule has 0 unspecified atom stereocenters. The summed E-state index contributed by atoms with van der Waals surface area (Å²) in [4.78, 5) is 21.8. The zero-order valence-corrected chi connectivity index (χ0v) is 18.4. The van der Waals surface area contributed by atoms with E-state index in [0.717, 1.165) is 0 Å². The highest BCUT2D eigenvalue weighted by atomic mass is 16.5. The number of methoxy groups -OCH3 is 1. The number of ketones is 1. The van der Waals surface area contributed by atoms with E-state index < -0.39 is 11.5 Å². The number of fused-ring (bicyclic) bond motifs is 1. The number of aromatic hydroxyl groups is 2. The van der Waals surface area contributed by atoms with Gasteiger partial charge < -0.3 is 28.5 Å². The Kier molecular flexibility index (Phi) is 5.51. The van der Waals surface area contributed by atoms with Crippen molar-refractivity contribution in [3.05, 3.63) is 78.8 Å². The molecular formula is C25H22N4O5. The van der Waals surface area contributed by atoms with Crippen molar-refractivity contribution >= 4 is 16.8 Å². The number of hydrogen-bond acceptors (Lipinski definition) is 7. The van der Waals surface area contributed by atoms with Gasteiger partial charge >= 0.3 is 0 Å². The van der Waals surface area contributed by atoms with Crippen LogP contribution >= 0.6 is 0 Å². The molecule has 0 aliphatic rings. The molecule has 1 aromatic carbocycles. The highest BCUT2D eigenvalue weighted by Crippen LogP contribution is 2.42. The number of nitrogens with zero attached hydrogens (tertiary/aromatic N) is 4. The molecule has 9 heteroatoms. The number of rotatable bonds is 8. The minimum Gasteiger partial charge on any atom is -0.503 e. The zero-order valence-electron chi connectivity index (χ0n) is 18.4. The Morgan fingerprint density at radius 2 is 2.00 bits per heavy atom. The maximum absolute atomic E-state index is 13.6. The molecule has 2 N–H and O–H groups in total. The minimum absolute atomic E-state index is 0.0236. The van der Waals surface area contributed by atoms with Crippen LogP contribution in [-0.2, 0) is 13.1 Å². The maximum atomic E-state index is 13.6. The summed E-state index contributed by atoms with van der Waals surface area (Å²) in [6, 6.07) is 10.4. The maximum Gasteiger partial charge on any atom is 0.235 e. The highest BCUT2D eigenvalue weighted by molar-refractivity contribution is 6.15. The van der Waals surface area contributed by atoms with Crippen LogP contribution in [0.5, 0.6) is 17.4 Å². The third-order valence-electron chi connectivity index (χ3n) is 5.68. The number of carbonyl (C=O) groups is 1. The summed E-state index contributed by atoms with van der Waals surface area (Å²) in [5, 5.41) is 22.4. The molecule has 4 aromatic heterocycles. The van der Waals surface area contributed by atoms with Crippen molar-refractivity contribution in [2.45, 2.75) is 19.5 Å². The summed E-state index contributed by atoms with van der Waals surface area (Å²) in [5.41, 5.74) is 1.33. The number of carbonyl (C=O) groups excluding carboxylic acids is 1. The van der Waals surface area contributed by atoms with Crippen molar-refractivity contribution in [1.82, 2.24) is 19.1 Å². The first-order valence-electron chi connectivity index (χ1n) is 10.7. The largest absolute Gasteiger partial charge is 0.503 e. The number of ether oxygens (including phenoxy) is 1. The average Bonchev–Trinajstić information content (AvgIpc) is 3.59. The van der Waals surface area contributed by atoms with E-state index >= 15 is 0 Å². The van der Waals surface area contributed by atoms with E-state index in [4.69, 9.17) is 9.15 Å². The number of pyridine rings is 1. The molecule has 0 saturated carbocycles. The molecule has 0 aliphatic heterocycles. The summed E-state index contributed by atoms with van der Waals surface area (Å²) in [7, 11) is 1.52.